The molecule has 19 heavy (non-hydrogen) atoms. The number of benzene rings is 1. The van der Waals surface area contributed by atoms with E-state index in [1.165, 1.54) is 5.56 Å². The number of amides is 1. The fraction of sp³-hybridized carbons (Fsp3) is 0.562. The molecule has 2 unspecified atom stereocenters. The number of aryl methyl sites for hydroxylation is 1. The topological polar surface area (TPSA) is 41.1 Å². The summed E-state index contributed by atoms with van der Waals surface area (Å²) in [4.78, 5) is 12.2. The van der Waals surface area contributed by atoms with Gasteiger partial charge in [-0.1, -0.05) is 32.4 Å². The lowest BCUT2D eigenvalue weighted by Crippen LogP contribution is -2.45. The zero-order valence-electron chi connectivity index (χ0n) is 11.9. The van der Waals surface area contributed by atoms with E-state index in [4.69, 9.17) is 0 Å². The van der Waals surface area contributed by atoms with Crippen LogP contribution in [-0.2, 0) is 11.2 Å². The minimum absolute atomic E-state index is 0.0425. The highest BCUT2D eigenvalue weighted by molar-refractivity contribution is 5.94. The minimum atomic E-state index is -0.0425. The highest BCUT2D eigenvalue weighted by atomic mass is 16.2. The second-order valence-electron chi connectivity index (χ2n) is 5.57. The second-order valence-corrected chi connectivity index (χ2v) is 5.57. The molecule has 1 saturated heterocycles. The van der Waals surface area contributed by atoms with E-state index in [2.05, 4.69) is 36.6 Å². The summed E-state index contributed by atoms with van der Waals surface area (Å²) in [6.45, 7) is 5.32. The van der Waals surface area contributed by atoms with Crippen molar-refractivity contribution in [2.45, 2.75) is 45.6 Å². The number of hydrogen-bond donors (Lipinski definition) is 2. The van der Waals surface area contributed by atoms with Crippen LogP contribution in [0.25, 0.3) is 0 Å². The van der Waals surface area contributed by atoms with Crippen LogP contribution in [0.1, 0.15) is 38.7 Å². The molecule has 0 spiro atoms. The molecule has 2 rings (SSSR count). The molecule has 1 amide bonds. The molecule has 0 aromatic heterocycles. The summed E-state index contributed by atoms with van der Waals surface area (Å²) in [5.74, 6) is 0.721. The first kappa shape index (κ1) is 14.1. The number of hydrogen-bond acceptors (Lipinski definition) is 2. The highest BCUT2D eigenvalue weighted by Crippen LogP contribution is 2.17. The molecule has 1 heterocycles. The Balaban J connectivity index is 1.90. The first-order valence-corrected chi connectivity index (χ1v) is 7.32. The van der Waals surface area contributed by atoms with Crippen molar-refractivity contribution in [1.29, 1.82) is 0 Å². The molecular formula is C16H24N2O. The Morgan fingerprint density at radius 3 is 2.74 bits per heavy atom. The van der Waals surface area contributed by atoms with Crippen molar-refractivity contribution >= 4 is 11.6 Å². The number of carbonyl (C=O) groups excluding carboxylic acids is 1. The summed E-state index contributed by atoms with van der Waals surface area (Å²) in [6, 6.07) is 8.13. The zero-order chi connectivity index (χ0) is 13.7. The van der Waals surface area contributed by atoms with Crippen molar-refractivity contribution in [2.24, 2.45) is 5.92 Å². The van der Waals surface area contributed by atoms with Crippen molar-refractivity contribution < 1.29 is 4.79 Å². The van der Waals surface area contributed by atoms with Crippen molar-refractivity contribution in [3.8, 4) is 0 Å². The van der Waals surface area contributed by atoms with Gasteiger partial charge in [0.1, 0.15) is 0 Å². The van der Waals surface area contributed by atoms with Crippen molar-refractivity contribution in [2.75, 3.05) is 11.9 Å². The maximum absolute atomic E-state index is 12.2. The third kappa shape index (κ3) is 4.06. The maximum atomic E-state index is 12.2. The molecule has 1 fully saturated rings. The molecule has 1 aromatic rings. The summed E-state index contributed by atoms with van der Waals surface area (Å²) in [5.41, 5.74) is 2.22. The summed E-state index contributed by atoms with van der Waals surface area (Å²) in [5, 5.41) is 6.29. The Kier molecular flexibility index (Phi) is 4.97. The van der Waals surface area contributed by atoms with Crippen molar-refractivity contribution in [3.63, 3.8) is 0 Å². The van der Waals surface area contributed by atoms with E-state index < -0.39 is 0 Å². The van der Waals surface area contributed by atoms with E-state index >= 15 is 0 Å². The monoisotopic (exact) mass is 260 g/mol. The third-order valence-corrected chi connectivity index (χ3v) is 3.74. The van der Waals surface area contributed by atoms with Gasteiger partial charge in [-0.2, -0.15) is 0 Å². The van der Waals surface area contributed by atoms with Gasteiger partial charge in [0, 0.05) is 5.69 Å². The lowest BCUT2D eigenvalue weighted by molar-refractivity contribution is -0.119. The van der Waals surface area contributed by atoms with E-state index in [-0.39, 0.29) is 11.9 Å². The first-order valence-electron chi connectivity index (χ1n) is 7.32. The fourth-order valence-electron chi connectivity index (χ4n) is 2.58. The van der Waals surface area contributed by atoms with Crippen LogP contribution in [-0.4, -0.2) is 18.5 Å². The first-order chi connectivity index (χ1) is 9.19. The van der Waals surface area contributed by atoms with E-state index in [1.807, 2.05) is 12.1 Å². The Morgan fingerprint density at radius 1 is 1.37 bits per heavy atom. The number of rotatable bonds is 4. The third-order valence-electron chi connectivity index (χ3n) is 3.74. The molecule has 0 aliphatic carbocycles. The molecule has 3 nitrogen and oxygen atoms in total. The molecule has 2 N–H and O–H groups in total. The standard InChI is InChI=1S/C16H24N2O/c1-3-4-13-5-7-14(8-6-13)18-16(19)15-11-12(2)9-10-17-15/h5-8,12,15,17H,3-4,9-11H2,1-2H3,(H,18,19). The van der Waals surface area contributed by atoms with Crippen LogP contribution in [0.3, 0.4) is 0 Å². The van der Waals surface area contributed by atoms with Gasteiger partial charge in [-0.05, 0) is 49.4 Å². The lowest BCUT2D eigenvalue weighted by atomic mass is 9.94. The zero-order valence-corrected chi connectivity index (χ0v) is 11.9. The van der Waals surface area contributed by atoms with Gasteiger partial charge >= 0.3 is 0 Å². The van der Waals surface area contributed by atoms with Gasteiger partial charge in [-0.25, -0.2) is 0 Å². The maximum Gasteiger partial charge on any atom is 0.241 e. The van der Waals surface area contributed by atoms with Gasteiger partial charge in [0.15, 0.2) is 0 Å². The summed E-state index contributed by atoms with van der Waals surface area (Å²) in [6.07, 6.45) is 4.33. The molecule has 104 valence electrons. The van der Waals surface area contributed by atoms with Crippen LogP contribution in [0, 0.1) is 5.92 Å². The van der Waals surface area contributed by atoms with Gasteiger partial charge in [0.05, 0.1) is 6.04 Å². The van der Waals surface area contributed by atoms with Gasteiger partial charge in [-0.3, -0.25) is 4.79 Å². The number of carbonyl (C=O) groups is 1. The van der Waals surface area contributed by atoms with Crippen molar-refractivity contribution in [1.82, 2.24) is 5.32 Å². The van der Waals surface area contributed by atoms with Gasteiger partial charge in [-0.15, -0.1) is 0 Å². The lowest BCUT2D eigenvalue weighted by Gasteiger charge is -2.27. The normalized spacial score (nSPS) is 23.1. The number of piperidine rings is 1. The predicted molar refractivity (Wildman–Crippen MR) is 79.3 cm³/mol. The molecule has 0 saturated carbocycles. The molecule has 3 heteroatoms. The average Bonchev–Trinajstić information content (AvgIpc) is 2.41. The van der Waals surface area contributed by atoms with Gasteiger partial charge in [0.2, 0.25) is 5.91 Å². The van der Waals surface area contributed by atoms with Crippen molar-refractivity contribution in [3.05, 3.63) is 29.8 Å². The molecule has 2 atom stereocenters. The minimum Gasteiger partial charge on any atom is -0.325 e. The SMILES string of the molecule is CCCc1ccc(NC(=O)C2CC(C)CCN2)cc1. The van der Waals surface area contributed by atoms with Gasteiger partial charge < -0.3 is 10.6 Å². The summed E-state index contributed by atoms with van der Waals surface area (Å²) in [7, 11) is 0. The molecule has 0 radical (unpaired) electrons. The molecule has 0 bridgehead atoms. The van der Waals surface area contributed by atoms with E-state index in [0.717, 1.165) is 37.9 Å². The summed E-state index contributed by atoms with van der Waals surface area (Å²) < 4.78 is 0. The Hall–Kier alpha value is -1.35. The van der Waals surface area contributed by atoms with Crippen LogP contribution in [0.2, 0.25) is 0 Å². The van der Waals surface area contributed by atoms with Gasteiger partial charge in [0.25, 0.3) is 0 Å². The van der Waals surface area contributed by atoms with Crippen LogP contribution in [0.5, 0.6) is 0 Å². The molecule has 1 aromatic carbocycles. The quantitative estimate of drug-likeness (QED) is 0.874. The van der Waals surface area contributed by atoms with Crippen LogP contribution >= 0.6 is 0 Å². The van der Waals surface area contributed by atoms with Crippen LogP contribution in [0.15, 0.2) is 24.3 Å². The van der Waals surface area contributed by atoms with E-state index in [1.54, 1.807) is 0 Å². The Bertz CT molecular complexity index is 413. The average molecular weight is 260 g/mol. The Morgan fingerprint density at radius 2 is 2.11 bits per heavy atom. The summed E-state index contributed by atoms with van der Waals surface area (Å²) >= 11 is 0. The largest absolute Gasteiger partial charge is 0.325 e. The smallest absolute Gasteiger partial charge is 0.241 e. The fourth-order valence-corrected chi connectivity index (χ4v) is 2.58. The van der Waals surface area contributed by atoms with E-state index in [0.29, 0.717) is 5.92 Å². The van der Waals surface area contributed by atoms with Crippen LogP contribution in [0.4, 0.5) is 5.69 Å². The molecular weight excluding hydrogens is 236 g/mol. The molecule has 1 aliphatic heterocycles. The Labute approximate surface area is 115 Å². The molecule has 1 aliphatic rings. The highest BCUT2D eigenvalue weighted by Gasteiger charge is 2.24. The number of anilines is 1. The predicted octanol–water partition coefficient (Wildman–Crippen LogP) is 2.97. The van der Waals surface area contributed by atoms with E-state index in [9.17, 15) is 4.79 Å². The second kappa shape index (κ2) is 6.71. The number of nitrogens with one attached hydrogen (secondary N) is 2. The van der Waals surface area contributed by atoms with Crippen LogP contribution < -0.4 is 10.6 Å².